The number of benzene rings is 2. The smallest absolute Gasteiger partial charge is 0.246 e. The fourth-order valence-electron chi connectivity index (χ4n) is 14.6. The Bertz CT molecular complexity index is 3620. The standard InChI is InChI=1S/C84H112N16O10/c1-55(2)47-67-77(103)93-69(49-59-27-11-9-12-28-59)83(109)99-45-25-37-71(99)79(105)96-74(58(7)8)82(108)90-66(36-24-44-98(53-63-33-17-21-41-87-63)54-64-34-18-22-42-88-64)76(102)92-68(48-56(3)4)78(104)94-70(50-60-29-13-10-14-30-60)84(110)100-46-26-38-72(100)80(106)95-73(57(5)6)81(107)89-65(75(101)91-67)35-23-43-97(51-61-31-15-19-39-85-61)52-62-32-16-20-40-86-62/h9-22,27-34,39-42,55-58,65-74H,23-26,35-38,43-54H2,1-8H3,(H,89,107)(H,90,108)(H,91,101)(H,92,102)(H,93,103)(H,94,104)(H,95,106)(H,96,105)/t65-,66-,67-,68-,69+,70+,71-,72-,73-,74-/m0/s1. The SMILES string of the molecule is CC(C)C[C@@H]1NC(=O)[C@H](CCCN(Cc2ccccn2)Cc2ccccn2)NC(=O)[C@H](C(C)C)NC(=O)[C@@H]2CCCN2C(=O)[C@@H](Cc2ccccc2)NC(=O)[C@H](CC(C)C)NC(=O)[C@H](CCCN(Cc2ccccn2)Cc2ccccn2)NC(=O)[C@H](C(C)C)NC(=O)[C@@H]2CCCN2C(=O)[C@@H](Cc2ccccc2)NC1=O. The molecule has 4 aromatic heterocycles. The van der Waals surface area contributed by atoms with Crippen molar-refractivity contribution in [2.45, 2.75) is 219 Å². The third-order valence-corrected chi connectivity index (χ3v) is 20.3. The quantitative estimate of drug-likeness (QED) is 0.0296. The lowest BCUT2D eigenvalue weighted by Crippen LogP contribution is -2.62. The van der Waals surface area contributed by atoms with E-state index in [0.29, 0.717) is 76.1 Å². The molecule has 2 aromatic carbocycles. The summed E-state index contributed by atoms with van der Waals surface area (Å²) < 4.78 is 0. The second kappa shape index (κ2) is 42.0. The van der Waals surface area contributed by atoms with Gasteiger partial charge in [0.1, 0.15) is 60.4 Å². The number of pyridine rings is 4. The molecule has 0 aliphatic carbocycles. The van der Waals surface area contributed by atoms with Crippen LogP contribution in [0.15, 0.2) is 158 Å². The summed E-state index contributed by atoms with van der Waals surface area (Å²) in [4.78, 5) is 178. The van der Waals surface area contributed by atoms with Gasteiger partial charge < -0.3 is 52.3 Å². The second-order valence-electron chi connectivity index (χ2n) is 30.8. The van der Waals surface area contributed by atoms with E-state index in [1.165, 1.54) is 9.80 Å². The zero-order valence-corrected chi connectivity index (χ0v) is 64.9. The third-order valence-electron chi connectivity index (χ3n) is 20.3. The van der Waals surface area contributed by atoms with E-state index in [4.69, 9.17) is 0 Å². The largest absolute Gasteiger partial charge is 0.343 e. The molecule has 3 fully saturated rings. The van der Waals surface area contributed by atoms with Gasteiger partial charge in [-0.3, -0.25) is 77.7 Å². The average molecular weight is 1510 g/mol. The maximum atomic E-state index is 15.4. The van der Waals surface area contributed by atoms with Crippen LogP contribution in [0.4, 0.5) is 0 Å². The number of aromatic nitrogens is 4. The van der Waals surface area contributed by atoms with Crippen molar-refractivity contribution < 1.29 is 47.9 Å². The van der Waals surface area contributed by atoms with E-state index in [9.17, 15) is 0 Å². The van der Waals surface area contributed by atoms with E-state index in [0.717, 1.165) is 22.8 Å². The van der Waals surface area contributed by atoms with Gasteiger partial charge in [0.25, 0.3) is 0 Å². The number of hydrogen-bond acceptors (Lipinski definition) is 16. The highest BCUT2D eigenvalue weighted by atomic mass is 16.2. The minimum Gasteiger partial charge on any atom is -0.343 e. The van der Waals surface area contributed by atoms with Gasteiger partial charge in [0, 0.05) is 76.9 Å². The van der Waals surface area contributed by atoms with E-state index < -0.39 is 131 Å². The van der Waals surface area contributed by atoms with E-state index in [1.54, 1.807) is 52.5 Å². The van der Waals surface area contributed by atoms with E-state index in [2.05, 4.69) is 72.3 Å². The number of carbonyl (C=O) groups excluding carboxylic acids is 10. The van der Waals surface area contributed by atoms with Crippen molar-refractivity contribution in [3.05, 3.63) is 192 Å². The Hall–Kier alpha value is -10.3. The van der Waals surface area contributed by atoms with Crippen LogP contribution >= 0.6 is 0 Å². The number of amides is 10. The molecule has 9 rings (SSSR count). The molecule has 10 atom stereocenters. The van der Waals surface area contributed by atoms with Crippen LogP contribution in [0.2, 0.25) is 0 Å². The van der Waals surface area contributed by atoms with E-state index in [1.807, 2.05) is 161 Å². The number of fused-ring (bicyclic) bond motifs is 2. The van der Waals surface area contributed by atoms with Gasteiger partial charge in [-0.2, -0.15) is 0 Å². The van der Waals surface area contributed by atoms with Crippen molar-refractivity contribution in [2.24, 2.45) is 23.7 Å². The molecule has 26 heteroatoms. The second-order valence-corrected chi connectivity index (χ2v) is 30.8. The van der Waals surface area contributed by atoms with Gasteiger partial charge in [-0.15, -0.1) is 0 Å². The van der Waals surface area contributed by atoms with Crippen molar-refractivity contribution in [1.29, 1.82) is 0 Å². The topological polar surface area (TPSA) is 331 Å². The van der Waals surface area contributed by atoms with Gasteiger partial charge in [0.15, 0.2) is 0 Å². The lowest BCUT2D eigenvalue weighted by Gasteiger charge is -2.33. The van der Waals surface area contributed by atoms with Gasteiger partial charge >= 0.3 is 0 Å². The first kappa shape index (κ1) is 83.7. The summed E-state index contributed by atoms with van der Waals surface area (Å²) in [5.41, 5.74) is 4.60. The Morgan fingerprint density at radius 2 is 0.655 bits per heavy atom. The zero-order valence-electron chi connectivity index (χ0n) is 64.9. The predicted molar refractivity (Wildman–Crippen MR) is 417 cm³/mol. The Labute approximate surface area is 647 Å². The van der Waals surface area contributed by atoms with Crippen LogP contribution in [0, 0.1) is 23.7 Å². The van der Waals surface area contributed by atoms with Crippen LogP contribution in [0.3, 0.4) is 0 Å². The Morgan fingerprint density at radius 3 is 0.955 bits per heavy atom. The van der Waals surface area contributed by atoms with Crippen LogP contribution < -0.4 is 42.5 Å². The maximum Gasteiger partial charge on any atom is 0.246 e. The lowest BCUT2D eigenvalue weighted by molar-refractivity contribution is -0.143. The summed E-state index contributed by atoms with van der Waals surface area (Å²) in [6.07, 6.45) is 9.11. The van der Waals surface area contributed by atoms with Gasteiger partial charge in [0.2, 0.25) is 59.1 Å². The predicted octanol–water partition coefficient (Wildman–Crippen LogP) is 6.30. The van der Waals surface area contributed by atoms with E-state index >= 15 is 47.9 Å². The first-order valence-corrected chi connectivity index (χ1v) is 39.1. The summed E-state index contributed by atoms with van der Waals surface area (Å²) >= 11 is 0. The number of rotatable bonds is 26. The molecule has 8 N–H and O–H groups in total. The molecule has 0 radical (unpaired) electrons. The minimum absolute atomic E-state index is 0.00164. The van der Waals surface area contributed by atoms with Gasteiger partial charge in [-0.25, -0.2) is 0 Å². The molecule has 6 aromatic rings. The van der Waals surface area contributed by atoms with Crippen LogP contribution in [0.5, 0.6) is 0 Å². The molecule has 3 aliphatic heterocycles. The monoisotopic (exact) mass is 1500 g/mol. The van der Waals surface area contributed by atoms with Crippen molar-refractivity contribution in [2.75, 3.05) is 26.2 Å². The van der Waals surface area contributed by atoms with Crippen LogP contribution in [-0.2, 0) is 87.0 Å². The summed E-state index contributed by atoms with van der Waals surface area (Å²) in [5.74, 6) is -8.05. The molecule has 110 heavy (non-hydrogen) atoms. The minimum atomic E-state index is -1.29. The lowest BCUT2D eigenvalue weighted by atomic mass is 9.98. The maximum absolute atomic E-state index is 15.4. The summed E-state index contributed by atoms with van der Waals surface area (Å²) in [6, 6.07) is 28.5. The van der Waals surface area contributed by atoms with Crippen LogP contribution in [-0.4, -0.2) is 185 Å². The summed E-state index contributed by atoms with van der Waals surface area (Å²) in [6.45, 7) is 17.4. The molecule has 0 bridgehead atoms. The van der Waals surface area contributed by atoms with Crippen molar-refractivity contribution in [1.82, 2.24) is 82.1 Å². The highest BCUT2D eigenvalue weighted by molar-refractivity contribution is 6.00. The molecule has 26 nitrogen and oxygen atoms in total. The van der Waals surface area contributed by atoms with Crippen molar-refractivity contribution >= 4 is 59.1 Å². The molecule has 7 heterocycles. The Balaban J connectivity index is 1.07. The zero-order chi connectivity index (χ0) is 78.6. The number of nitrogens with one attached hydrogen (secondary N) is 8. The van der Waals surface area contributed by atoms with Crippen molar-refractivity contribution in [3.8, 4) is 0 Å². The summed E-state index contributed by atoms with van der Waals surface area (Å²) in [7, 11) is 0. The van der Waals surface area contributed by atoms with E-state index in [-0.39, 0.29) is 76.3 Å². The first-order valence-electron chi connectivity index (χ1n) is 39.1. The normalized spacial score (nSPS) is 22.8. The van der Waals surface area contributed by atoms with Gasteiger partial charge in [0.05, 0.1) is 22.8 Å². The highest BCUT2D eigenvalue weighted by Gasteiger charge is 2.44. The molecule has 3 saturated heterocycles. The highest BCUT2D eigenvalue weighted by Crippen LogP contribution is 2.25. The molecule has 588 valence electrons. The molecule has 0 saturated carbocycles. The Kier molecular flexibility index (Phi) is 32.0. The summed E-state index contributed by atoms with van der Waals surface area (Å²) in [5, 5.41) is 23.9. The molecule has 0 spiro atoms. The number of carbonyl (C=O) groups is 10. The number of hydrogen-bond donors (Lipinski definition) is 8. The molecule has 3 aliphatic rings. The average Bonchev–Trinajstić information content (AvgIpc) is 1.61. The van der Waals surface area contributed by atoms with Crippen molar-refractivity contribution in [3.63, 3.8) is 0 Å². The fraction of sp³-hybridized carbons (Fsp3) is 0.500. The fourth-order valence-corrected chi connectivity index (χ4v) is 14.6. The molecule has 0 unspecified atom stereocenters. The Morgan fingerprint density at radius 1 is 0.355 bits per heavy atom. The van der Waals surface area contributed by atoms with Crippen LogP contribution in [0.25, 0.3) is 0 Å². The first-order chi connectivity index (χ1) is 53.0. The van der Waals surface area contributed by atoms with Gasteiger partial charge in [-0.1, -0.05) is 140 Å². The third kappa shape index (κ3) is 25.4. The van der Waals surface area contributed by atoms with Crippen LogP contribution in [0.1, 0.15) is 154 Å². The molecular weight excluding hydrogens is 1390 g/mol. The number of nitrogens with zero attached hydrogens (tertiary/aromatic N) is 8. The molecular formula is C84H112N16O10. The molecule has 10 amide bonds. The van der Waals surface area contributed by atoms with Gasteiger partial charge in [-0.05, 0) is 161 Å².